The van der Waals surface area contributed by atoms with E-state index in [9.17, 15) is 40.5 Å². The normalized spacial score (nSPS) is 25.6. The van der Waals surface area contributed by atoms with Gasteiger partial charge in [0.1, 0.15) is 54.9 Å². The van der Waals surface area contributed by atoms with Crippen LogP contribution in [0.25, 0.3) is 0 Å². The van der Waals surface area contributed by atoms with Crippen LogP contribution in [0.5, 0.6) is 0 Å². The van der Waals surface area contributed by atoms with Crippen molar-refractivity contribution in [1.29, 1.82) is 0 Å². The zero-order chi connectivity index (χ0) is 50.2. The number of unbranched alkanes of at least 4 members (excludes halogenated alkanes) is 33. The molecule has 2 aliphatic heterocycles. The largest absolute Gasteiger partial charge is 0.457 e. The molecule has 0 aromatic rings. The maximum Gasteiger partial charge on any atom is 0.306 e. The van der Waals surface area contributed by atoms with Gasteiger partial charge < -0.3 is 64.2 Å². The topological polar surface area (TPSA) is 214 Å². The molecule has 2 saturated heterocycles. The smallest absolute Gasteiger partial charge is 0.306 e. The number of hydrogen-bond donors (Lipinski definition) is 7. The number of esters is 1. The van der Waals surface area contributed by atoms with Crippen LogP contribution in [-0.4, -0.2) is 142 Å². The molecule has 0 amide bonds. The summed E-state index contributed by atoms with van der Waals surface area (Å²) in [7, 11) is 0. The molecule has 7 N–H and O–H groups in total. The Kier molecular flexibility index (Phi) is 40.3. The van der Waals surface area contributed by atoms with Crippen molar-refractivity contribution >= 4 is 5.97 Å². The SMILES string of the molecule is CCCCCCCCCCCCCCCCCCCCOCC(COC1OC(COC2OC(CO)C(O)C(O)C2O)C(O)C(O)C1O)OC(=O)CCCCCCCCCCCCCCCCCCC. The highest BCUT2D eigenvalue weighted by Crippen LogP contribution is 2.27. The molecule has 0 aromatic heterocycles. The minimum absolute atomic E-state index is 0.0708. The molecule has 0 aromatic carbocycles. The summed E-state index contributed by atoms with van der Waals surface area (Å²) in [6.07, 6.45) is 28.7. The summed E-state index contributed by atoms with van der Waals surface area (Å²) in [5.74, 6) is -0.368. The summed E-state index contributed by atoms with van der Waals surface area (Å²) < 4.78 is 34.4. The van der Waals surface area contributed by atoms with Gasteiger partial charge in [-0.15, -0.1) is 0 Å². The molecule has 2 aliphatic rings. The van der Waals surface area contributed by atoms with Gasteiger partial charge in [-0.3, -0.25) is 4.79 Å². The number of aliphatic hydroxyl groups is 7. The Balaban J connectivity index is 1.72. The van der Waals surface area contributed by atoms with Crippen LogP contribution in [-0.2, 0) is 33.2 Å². The van der Waals surface area contributed by atoms with Crippen molar-refractivity contribution in [3.63, 3.8) is 0 Å². The lowest BCUT2D eigenvalue weighted by Crippen LogP contribution is -2.61. The van der Waals surface area contributed by atoms with Crippen molar-refractivity contribution in [2.45, 2.75) is 313 Å². The summed E-state index contributed by atoms with van der Waals surface area (Å²) in [4.78, 5) is 13.1. The fraction of sp³-hybridized carbons (Fsp3) is 0.982. The van der Waals surface area contributed by atoms with Gasteiger partial charge in [-0.05, 0) is 12.8 Å². The molecule has 0 saturated carbocycles. The number of hydrogen-bond acceptors (Lipinski definition) is 14. The highest BCUT2D eigenvalue weighted by molar-refractivity contribution is 5.69. The van der Waals surface area contributed by atoms with Gasteiger partial charge in [0.15, 0.2) is 12.6 Å². The third kappa shape index (κ3) is 30.7. The highest BCUT2D eigenvalue weighted by Gasteiger charge is 2.47. The Labute approximate surface area is 419 Å². The van der Waals surface area contributed by atoms with E-state index < -0.39 is 80.7 Å². The fourth-order valence-corrected chi connectivity index (χ4v) is 9.46. The van der Waals surface area contributed by atoms with E-state index in [0.717, 1.165) is 44.9 Å². The molecule has 11 unspecified atom stereocenters. The van der Waals surface area contributed by atoms with Crippen molar-refractivity contribution < 1.29 is 69.0 Å². The van der Waals surface area contributed by atoms with Gasteiger partial charge in [0.05, 0.1) is 26.4 Å². The number of rotatable bonds is 47. The first-order chi connectivity index (χ1) is 33.6. The second-order valence-electron chi connectivity index (χ2n) is 20.5. The van der Waals surface area contributed by atoms with Crippen molar-refractivity contribution in [3.8, 4) is 0 Å². The Morgan fingerprint density at radius 3 is 1.17 bits per heavy atom. The number of ether oxygens (including phenoxy) is 6. The highest BCUT2D eigenvalue weighted by atomic mass is 16.7. The van der Waals surface area contributed by atoms with E-state index in [4.69, 9.17) is 28.4 Å². The maximum absolute atomic E-state index is 13.1. The molecule has 0 aliphatic carbocycles. The Morgan fingerprint density at radius 1 is 0.420 bits per heavy atom. The van der Waals surface area contributed by atoms with Gasteiger partial charge >= 0.3 is 5.97 Å². The minimum atomic E-state index is -1.70. The average molecular weight is 991 g/mol. The maximum atomic E-state index is 13.1. The van der Waals surface area contributed by atoms with E-state index in [1.54, 1.807) is 0 Å². The van der Waals surface area contributed by atoms with E-state index in [0.29, 0.717) is 6.61 Å². The fourth-order valence-electron chi connectivity index (χ4n) is 9.46. The van der Waals surface area contributed by atoms with Crippen molar-refractivity contribution in [3.05, 3.63) is 0 Å². The Hall–Kier alpha value is -1.01. The first kappa shape index (κ1) is 64.1. The third-order valence-corrected chi connectivity index (χ3v) is 14.1. The molecule has 0 bridgehead atoms. The van der Waals surface area contributed by atoms with Gasteiger partial charge in [0.2, 0.25) is 0 Å². The van der Waals surface area contributed by atoms with Gasteiger partial charge in [0, 0.05) is 13.0 Å². The standard InChI is InChI=1S/C55H106O14/c1-3-5-7-9-11-13-15-17-19-21-23-25-27-29-31-33-35-37-39-64-41-44(67-47(57)38-36-34-32-30-28-26-24-22-20-18-16-14-12-10-8-6-4-2)42-65-54-53(63)51(61)49(59)46(69-54)43-66-55-52(62)50(60)48(58)45(40-56)68-55/h44-46,48-56,58-63H,3-43H2,1-2H3. The van der Waals surface area contributed by atoms with E-state index in [1.165, 1.54) is 180 Å². The van der Waals surface area contributed by atoms with Gasteiger partial charge in [-0.2, -0.15) is 0 Å². The minimum Gasteiger partial charge on any atom is -0.457 e. The van der Waals surface area contributed by atoms with E-state index in [-0.39, 0.29) is 25.6 Å². The monoisotopic (exact) mass is 991 g/mol. The van der Waals surface area contributed by atoms with E-state index in [1.807, 2.05) is 0 Å². The lowest BCUT2D eigenvalue weighted by Gasteiger charge is -2.42. The lowest BCUT2D eigenvalue weighted by atomic mass is 9.98. The molecule has 2 fully saturated rings. The van der Waals surface area contributed by atoms with E-state index in [2.05, 4.69) is 13.8 Å². The van der Waals surface area contributed by atoms with Crippen molar-refractivity contribution in [2.24, 2.45) is 0 Å². The quantitative estimate of drug-likeness (QED) is 0.0223. The molecule has 69 heavy (non-hydrogen) atoms. The Morgan fingerprint density at radius 2 is 0.768 bits per heavy atom. The molecule has 2 heterocycles. The van der Waals surface area contributed by atoms with Crippen LogP contribution in [0.3, 0.4) is 0 Å². The summed E-state index contributed by atoms with van der Waals surface area (Å²) >= 11 is 0. The molecular weight excluding hydrogens is 885 g/mol. The van der Waals surface area contributed by atoms with Crippen LogP contribution in [0, 0.1) is 0 Å². The first-order valence-corrected chi connectivity index (χ1v) is 28.6. The number of carbonyl (C=O) groups is 1. The van der Waals surface area contributed by atoms with Crippen LogP contribution in [0.15, 0.2) is 0 Å². The second-order valence-corrected chi connectivity index (χ2v) is 20.5. The van der Waals surface area contributed by atoms with Crippen molar-refractivity contribution in [1.82, 2.24) is 0 Å². The second kappa shape index (κ2) is 43.4. The molecule has 0 spiro atoms. The van der Waals surface area contributed by atoms with Crippen LogP contribution in [0.4, 0.5) is 0 Å². The van der Waals surface area contributed by atoms with E-state index >= 15 is 0 Å². The zero-order valence-corrected chi connectivity index (χ0v) is 43.8. The van der Waals surface area contributed by atoms with Crippen LogP contribution in [0.2, 0.25) is 0 Å². The molecule has 14 nitrogen and oxygen atoms in total. The number of carbonyl (C=O) groups excluding carboxylic acids is 1. The van der Waals surface area contributed by atoms with Gasteiger partial charge in [-0.25, -0.2) is 0 Å². The summed E-state index contributed by atoms with van der Waals surface area (Å²) in [6.45, 7) is 3.76. The predicted molar refractivity (Wildman–Crippen MR) is 271 cm³/mol. The Bertz CT molecular complexity index is 1150. The first-order valence-electron chi connectivity index (χ1n) is 28.6. The molecule has 11 atom stereocenters. The molecule has 0 radical (unpaired) electrons. The third-order valence-electron chi connectivity index (χ3n) is 14.1. The van der Waals surface area contributed by atoms with Gasteiger partial charge in [-0.1, -0.05) is 226 Å². The summed E-state index contributed by atoms with van der Waals surface area (Å²) in [5, 5.41) is 72.3. The summed E-state index contributed by atoms with van der Waals surface area (Å²) in [6, 6.07) is 0. The van der Waals surface area contributed by atoms with Crippen molar-refractivity contribution in [2.75, 3.05) is 33.0 Å². The predicted octanol–water partition coefficient (Wildman–Crippen LogP) is 9.64. The average Bonchev–Trinajstić information content (AvgIpc) is 3.35. The molecule has 2 rings (SSSR count). The number of aliphatic hydroxyl groups excluding tert-OH is 7. The van der Waals surface area contributed by atoms with Crippen LogP contribution >= 0.6 is 0 Å². The summed E-state index contributed by atoms with van der Waals surface area (Å²) in [5.41, 5.74) is 0. The molecular formula is C55H106O14. The van der Waals surface area contributed by atoms with Crippen LogP contribution < -0.4 is 0 Å². The lowest BCUT2D eigenvalue weighted by molar-refractivity contribution is -0.332. The van der Waals surface area contributed by atoms with Crippen LogP contribution in [0.1, 0.15) is 245 Å². The molecule has 410 valence electrons. The zero-order valence-electron chi connectivity index (χ0n) is 43.8. The molecule has 14 heteroatoms. The van der Waals surface area contributed by atoms with Gasteiger partial charge in [0.25, 0.3) is 0 Å².